The monoisotopic (exact) mass is 673 g/mol. The Hall–Kier alpha value is -4.19. The van der Waals surface area contributed by atoms with Crippen molar-refractivity contribution < 1.29 is 37.8 Å². The van der Waals surface area contributed by atoms with Gasteiger partial charge in [0.1, 0.15) is 11.5 Å². The summed E-state index contributed by atoms with van der Waals surface area (Å²) in [5.41, 5.74) is 0.845. The van der Waals surface area contributed by atoms with Gasteiger partial charge in [0.2, 0.25) is 14.3 Å². The maximum absolute atomic E-state index is 12.7. The highest BCUT2D eigenvalue weighted by molar-refractivity contribution is 7.99. The van der Waals surface area contributed by atoms with Crippen molar-refractivity contribution in [2.75, 3.05) is 30.3 Å². The maximum atomic E-state index is 12.7. The first-order valence-corrected chi connectivity index (χ1v) is 17.3. The zero-order chi connectivity index (χ0) is 33.9. The predicted molar refractivity (Wildman–Crippen MR) is 181 cm³/mol. The average molecular weight is 674 g/mol. The van der Waals surface area contributed by atoms with E-state index in [4.69, 9.17) is 18.5 Å². The summed E-state index contributed by atoms with van der Waals surface area (Å²) >= 11 is 1.31. The first-order valence-electron chi connectivity index (χ1n) is 14.7. The molecule has 0 spiro atoms. The van der Waals surface area contributed by atoms with Crippen LogP contribution in [0.3, 0.4) is 0 Å². The van der Waals surface area contributed by atoms with E-state index in [0.29, 0.717) is 28.9 Å². The average Bonchev–Trinajstić information content (AvgIpc) is 3.06. The number of benzene rings is 3. The fourth-order valence-electron chi connectivity index (χ4n) is 3.68. The number of ketones is 1. The number of amides is 1. The van der Waals surface area contributed by atoms with Crippen LogP contribution in [0.4, 0.5) is 11.4 Å². The number of hydrogen-bond donors (Lipinski definition) is 2. The number of rotatable bonds is 18. The summed E-state index contributed by atoms with van der Waals surface area (Å²) in [4.78, 5) is 47.9. The van der Waals surface area contributed by atoms with Crippen LogP contribution in [0.5, 0.6) is 17.2 Å². The molecule has 0 bridgehead atoms. The van der Waals surface area contributed by atoms with E-state index >= 15 is 0 Å². The fraction of sp³-hybridized carbons (Fsp3) is 0.344. The smallest absolute Gasteiger partial charge is 0.335 e. The van der Waals surface area contributed by atoms with Gasteiger partial charge in [0.05, 0.1) is 23.3 Å². The molecule has 0 heterocycles. The third kappa shape index (κ3) is 13.0. The summed E-state index contributed by atoms with van der Waals surface area (Å²) in [6, 6.07) is 19.6. The fourth-order valence-corrected chi connectivity index (χ4v) is 5.40. The second-order valence-electron chi connectivity index (χ2n) is 9.10. The van der Waals surface area contributed by atoms with Crippen molar-refractivity contribution in [2.24, 2.45) is 0 Å². The molecular weight excluding hydrogens is 633 g/mol. The number of carbonyl (C=O) groups is 3. The molecule has 0 saturated carbocycles. The predicted octanol–water partition coefficient (Wildman–Crippen LogP) is 7.54. The third-order valence-corrected chi connectivity index (χ3v) is 7.81. The first kappa shape index (κ1) is 38.0. The Labute approximate surface area is 274 Å². The van der Waals surface area contributed by atoms with Gasteiger partial charge in [-0.05, 0) is 56.3 Å². The van der Waals surface area contributed by atoms with E-state index in [1.807, 2.05) is 38.3 Å². The van der Waals surface area contributed by atoms with Gasteiger partial charge in [0.25, 0.3) is 5.69 Å². The van der Waals surface area contributed by atoms with Crippen molar-refractivity contribution >= 4 is 49.4 Å². The van der Waals surface area contributed by atoms with Gasteiger partial charge in [0, 0.05) is 43.4 Å². The SMILES string of the molecule is CC.CCOC(=O)C(C)OP(CCNC(=O)CCC(=O)c1ccc(Oc2cc([N+](=O)[O-])ccc2NSC)cc1)Oc1ccccc1. The molecule has 2 unspecified atom stereocenters. The lowest BCUT2D eigenvalue weighted by molar-refractivity contribution is -0.384. The van der Waals surface area contributed by atoms with Crippen molar-refractivity contribution in [3.63, 3.8) is 0 Å². The quantitative estimate of drug-likeness (QED) is 0.0343. The molecule has 2 N–H and O–H groups in total. The van der Waals surface area contributed by atoms with E-state index in [1.54, 1.807) is 56.3 Å². The molecule has 2 atom stereocenters. The van der Waals surface area contributed by atoms with E-state index in [-0.39, 0.29) is 49.1 Å². The van der Waals surface area contributed by atoms with Crippen molar-refractivity contribution in [3.05, 3.63) is 88.5 Å². The molecule has 1 amide bonds. The highest BCUT2D eigenvalue weighted by Crippen LogP contribution is 2.40. The van der Waals surface area contributed by atoms with Gasteiger partial charge < -0.3 is 28.6 Å². The molecule has 0 radical (unpaired) electrons. The molecule has 0 saturated heterocycles. The Kier molecular flexibility index (Phi) is 17.2. The number of ether oxygens (including phenoxy) is 2. The van der Waals surface area contributed by atoms with E-state index in [2.05, 4.69) is 10.0 Å². The Morgan fingerprint density at radius 3 is 2.30 bits per heavy atom. The molecule has 3 aromatic rings. The van der Waals surface area contributed by atoms with Crippen LogP contribution in [0.25, 0.3) is 0 Å². The second kappa shape index (κ2) is 20.8. The lowest BCUT2D eigenvalue weighted by atomic mass is 10.1. The summed E-state index contributed by atoms with van der Waals surface area (Å²) in [6.45, 7) is 7.74. The minimum Gasteiger partial charge on any atom is -0.464 e. The minimum atomic E-state index is -1.57. The van der Waals surface area contributed by atoms with Crippen molar-refractivity contribution in [1.29, 1.82) is 0 Å². The van der Waals surface area contributed by atoms with Gasteiger partial charge in [-0.2, -0.15) is 0 Å². The standard InChI is InChI=1S/C30H34N3O9PS.C2H6/c1-4-39-30(36)21(2)41-43(42-25-8-6-5-7-9-25)19-18-31-29(35)17-16-27(34)22-10-13-24(14-11-22)40-28-20-23(33(37)38)12-15-26(28)32-44-3;1-2/h5-15,20-21,32H,4,16-19H2,1-3H3,(H,31,35);1-2H3. The van der Waals surface area contributed by atoms with Gasteiger partial charge in [-0.15, -0.1) is 0 Å². The lowest BCUT2D eigenvalue weighted by Gasteiger charge is -2.21. The van der Waals surface area contributed by atoms with Crippen molar-refractivity contribution in [1.82, 2.24) is 5.32 Å². The maximum Gasteiger partial charge on any atom is 0.335 e. The number of non-ortho nitro benzene ring substituents is 1. The Morgan fingerprint density at radius 2 is 1.67 bits per heavy atom. The van der Waals surface area contributed by atoms with Crippen molar-refractivity contribution in [2.45, 2.75) is 46.6 Å². The van der Waals surface area contributed by atoms with Gasteiger partial charge >= 0.3 is 5.97 Å². The molecule has 0 aliphatic heterocycles. The molecule has 12 nitrogen and oxygen atoms in total. The highest BCUT2D eigenvalue weighted by Gasteiger charge is 2.23. The number of para-hydroxylation sites is 1. The zero-order valence-corrected chi connectivity index (χ0v) is 28.2. The molecule has 46 heavy (non-hydrogen) atoms. The summed E-state index contributed by atoms with van der Waals surface area (Å²) in [5.74, 6) is 0.185. The van der Waals surface area contributed by atoms with E-state index < -0.39 is 25.4 Å². The van der Waals surface area contributed by atoms with Gasteiger partial charge in [-0.1, -0.05) is 44.0 Å². The Morgan fingerprint density at radius 1 is 0.978 bits per heavy atom. The lowest BCUT2D eigenvalue weighted by Crippen LogP contribution is -2.28. The Balaban J connectivity index is 0.00000361. The molecule has 248 valence electrons. The van der Waals surface area contributed by atoms with Crippen LogP contribution in [-0.2, 0) is 18.8 Å². The molecule has 0 aromatic heterocycles. The summed E-state index contributed by atoms with van der Waals surface area (Å²) in [7, 11) is -1.57. The van der Waals surface area contributed by atoms with Gasteiger partial charge in [-0.25, -0.2) is 4.79 Å². The second-order valence-corrected chi connectivity index (χ2v) is 11.2. The number of anilines is 1. The molecule has 0 aliphatic rings. The largest absolute Gasteiger partial charge is 0.464 e. The highest BCUT2D eigenvalue weighted by atomic mass is 32.2. The summed E-state index contributed by atoms with van der Waals surface area (Å²) in [6.07, 6.45) is 1.26. The van der Waals surface area contributed by atoms with Crippen molar-refractivity contribution in [3.8, 4) is 17.2 Å². The third-order valence-electron chi connectivity index (χ3n) is 5.83. The number of nitro benzene ring substituents is 1. The number of esters is 1. The van der Waals surface area contributed by atoms with Gasteiger partial charge in [-0.3, -0.25) is 19.7 Å². The van der Waals surface area contributed by atoms with Crippen LogP contribution in [-0.4, -0.2) is 54.3 Å². The normalized spacial score (nSPS) is 11.6. The number of nitrogens with one attached hydrogen (secondary N) is 2. The van der Waals surface area contributed by atoms with Gasteiger partial charge in [0.15, 0.2) is 17.6 Å². The topological polar surface area (TPSA) is 155 Å². The molecule has 0 aliphatic carbocycles. The van der Waals surface area contributed by atoms with E-state index in [1.165, 1.54) is 24.1 Å². The van der Waals surface area contributed by atoms with Crippen LogP contribution in [0.1, 0.15) is 50.9 Å². The number of Topliss-reactive ketones (excluding diaryl/α,β-unsaturated/α-hetero) is 1. The van der Waals surface area contributed by atoms with E-state index in [0.717, 1.165) is 0 Å². The summed E-state index contributed by atoms with van der Waals surface area (Å²) < 4.78 is 25.6. The number of nitro groups is 1. The van der Waals surface area contributed by atoms with Crippen LogP contribution in [0, 0.1) is 10.1 Å². The minimum absolute atomic E-state index is 0.00955. The first-order chi connectivity index (χ1) is 22.2. The molecule has 3 rings (SSSR count). The van der Waals surface area contributed by atoms with Crippen LogP contribution < -0.4 is 19.3 Å². The van der Waals surface area contributed by atoms with Crippen LogP contribution in [0.15, 0.2) is 72.8 Å². The molecule has 14 heteroatoms. The number of hydrogen-bond acceptors (Lipinski definition) is 11. The van der Waals surface area contributed by atoms with Crippen LogP contribution >= 0.6 is 20.3 Å². The van der Waals surface area contributed by atoms with Crippen LogP contribution in [0.2, 0.25) is 0 Å². The number of nitrogens with zero attached hydrogens (tertiary/aromatic N) is 1. The Bertz CT molecular complexity index is 1410. The number of carbonyl (C=O) groups excluding carboxylic acids is 3. The zero-order valence-electron chi connectivity index (χ0n) is 26.5. The molecular formula is C32H40N3O9PS. The summed E-state index contributed by atoms with van der Waals surface area (Å²) in [5, 5.41) is 13.9. The molecule has 0 fully saturated rings. The van der Waals surface area contributed by atoms with E-state index in [9.17, 15) is 24.5 Å². The molecule has 3 aromatic carbocycles.